The van der Waals surface area contributed by atoms with Crippen LogP contribution in [-0.2, 0) is 6.18 Å². The van der Waals surface area contributed by atoms with E-state index in [1.165, 1.54) is 39.5 Å². The number of nitrogens with zero attached hydrogens (tertiary/aromatic N) is 4. The zero-order valence-electron chi connectivity index (χ0n) is 17.9. The molecule has 3 amide bonds. The van der Waals surface area contributed by atoms with E-state index < -0.39 is 23.7 Å². The molecule has 0 fully saturated rings. The molecule has 1 aliphatic heterocycles. The molecular formula is C21H19F3N8O3. The van der Waals surface area contributed by atoms with Crippen molar-refractivity contribution in [3.8, 4) is 5.69 Å². The Kier molecular flexibility index (Phi) is 6.29. The van der Waals surface area contributed by atoms with E-state index in [0.717, 1.165) is 12.1 Å². The monoisotopic (exact) mass is 488 g/mol. The minimum absolute atomic E-state index is 0.0105. The molecule has 1 aliphatic rings. The smallest absolute Gasteiger partial charge is 0.369 e. The van der Waals surface area contributed by atoms with Crippen LogP contribution in [0.1, 0.15) is 22.5 Å². The molecule has 0 saturated heterocycles. The molecule has 0 bridgehead atoms. The van der Waals surface area contributed by atoms with E-state index in [2.05, 4.69) is 20.7 Å². The number of urea groups is 1. The number of amides is 3. The first-order valence-electron chi connectivity index (χ1n) is 10.1. The molecule has 2 heterocycles. The first kappa shape index (κ1) is 23.6. The Morgan fingerprint density at radius 3 is 2.46 bits per heavy atom. The summed E-state index contributed by atoms with van der Waals surface area (Å²) in [4.78, 5) is 27.9. The fourth-order valence-corrected chi connectivity index (χ4v) is 3.37. The highest BCUT2D eigenvalue weighted by atomic mass is 19.4. The van der Waals surface area contributed by atoms with Crippen molar-refractivity contribution >= 4 is 41.2 Å². The number of anilines is 4. The third kappa shape index (κ3) is 5.16. The van der Waals surface area contributed by atoms with Crippen LogP contribution in [0, 0.1) is 0 Å². The van der Waals surface area contributed by atoms with Gasteiger partial charge in [0.1, 0.15) is 0 Å². The number of hydrazone groups is 1. The summed E-state index contributed by atoms with van der Waals surface area (Å²) in [6, 6.07) is 8.49. The van der Waals surface area contributed by atoms with E-state index in [0.29, 0.717) is 30.0 Å². The largest absolute Gasteiger partial charge is 0.416 e. The number of nitrogens with one attached hydrogen (secondary N) is 3. The summed E-state index contributed by atoms with van der Waals surface area (Å²) in [6.45, 7) is 0.474. The van der Waals surface area contributed by atoms with E-state index >= 15 is 0 Å². The quantitative estimate of drug-likeness (QED) is 0.274. The van der Waals surface area contributed by atoms with E-state index in [4.69, 9.17) is 10.9 Å². The van der Waals surface area contributed by atoms with Crippen LogP contribution in [0.25, 0.3) is 5.69 Å². The maximum Gasteiger partial charge on any atom is 0.416 e. The molecule has 35 heavy (non-hydrogen) atoms. The number of imidazole rings is 1. The maximum atomic E-state index is 13.2. The molecule has 1 aromatic heterocycles. The number of hydrogen-bond donors (Lipinski definition) is 5. The lowest BCUT2D eigenvalue weighted by molar-refractivity contribution is -0.137. The normalized spacial score (nSPS) is 13.1. The second kappa shape index (κ2) is 9.34. The zero-order chi connectivity index (χ0) is 25.2. The SMILES string of the molecule is Nc1nc(C(=O)NO)cn1-c1ccc(NC(=O)Nc2cc(C(F)(F)F)ccc2N2CCC=N2)cc1. The Morgan fingerprint density at radius 1 is 1.09 bits per heavy atom. The number of alkyl halides is 3. The topological polar surface area (TPSA) is 150 Å². The summed E-state index contributed by atoms with van der Waals surface area (Å²) in [5, 5.41) is 19.3. The molecule has 0 radical (unpaired) electrons. The van der Waals surface area contributed by atoms with Crippen LogP contribution in [0.5, 0.6) is 0 Å². The number of hydrogen-bond acceptors (Lipinski definition) is 7. The van der Waals surface area contributed by atoms with E-state index in [-0.39, 0.29) is 17.3 Å². The Hall–Kier alpha value is -4.59. The highest BCUT2D eigenvalue weighted by molar-refractivity contribution is 6.02. The number of hydroxylamine groups is 1. The van der Waals surface area contributed by atoms with Crippen LogP contribution < -0.4 is 26.9 Å². The number of nitrogens with two attached hydrogens (primary N) is 1. The van der Waals surface area contributed by atoms with E-state index in [9.17, 15) is 22.8 Å². The first-order chi connectivity index (χ1) is 16.7. The highest BCUT2D eigenvalue weighted by Gasteiger charge is 2.32. The molecule has 4 rings (SSSR count). The van der Waals surface area contributed by atoms with Crippen molar-refractivity contribution < 1.29 is 28.0 Å². The predicted octanol–water partition coefficient (Wildman–Crippen LogP) is 3.43. The Bertz CT molecular complexity index is 1290. The highest BCUT2D eigenvalue weighted by Crippen LogP contribution is 2.36. The van der Waals surface area contributed by atoms with Gasteiger partial charge in [0.25, 0.3) is 5.91 Å². The van der Waals surface area contributed by atoms with Gasteiger partial charge in [0.05, 0.1) is 16.9 Å². The van der Waals surface area contributed by atoms with Crippen LogP contribution in [0.2, 0.25) is 0 Å². The average Bonchev–Trinajstić information content (AvgIpc) is 3.48. The number of halogens is 3. The summed E-state index contributed by atoms with van der Waals surface area (Å²) in [7, 11) is 0. The van der Waals surface area contributed by atoms with E-state index in [1.54, 1.807) is 18.3 Å². The average molecular weight is 488 g/mol. The van der Waals surface area contributed by atoms with Crippen molar-refractivity contribution in [1.82, 2.24) is 15.0 Å². The van der Waals surface area contributed by atoms with Gasteiger partial charge in [-0.3, -0.25) is 19.6 Å². The van der Waals surface area contributed by atoms with Crippen LogP contribution >= 0.6 is 0 Å². The van der Waals surface area contributed by atoms with Gasteiger partial charge in [0, 0.05) is 36.8 Å². The molecule has 0 aliphatic carbocycles. The van der Waals surface area contributed by atoms with E-state index in [1.807, 2.05) is 0 Å². The molecule has 3 aromatic rings. The maximum absolute atomic E-state index is 13.2. The summed E-state index contributed by atoms with van der Waals surface area (Å²) in [6.07, 6.45) is -1.00. The molecule has 182 valence electrons. The molecule has 6 N–H and O–H groups in total. The lowest BCUT2D eigenvalue weighted by Crippen LogP contribution is -2.22. The lowest BCUT2D eigenvalue weighted by Gasteiger charge is -2.20. The van der Waals surface area contributed by atoms with Crippen molar-refractivity contribution in [1.29, 1.82) is 0 Å². The number of nitrogen functional groups attached to an aromatic ring is 1. The van der Waals surface area contributed by atoms with Gasteiger partial charge >= 0.3 is 12.2 Å². The molecule has 0 saturated carbocycles. The third-order valence-electron chi connectivity index (χ3n) is 5.01. The summed E-state index contributed by atoms with van der Waals surface area (Å²) in [5.41, 5.74) is 7.37. The second-order valence-corrected chi connectivity index (χ2v) is 7.36. The van der Waals surface area contributed by atoms with Gasteiger partial charge in [-0.15, -0.1) is 0 Å². The number of aromatic nitrogens is 2. The molecule has 0 atom stereocenters. The van der Waals surface area contributed by atoms with Crippen LogP contribution in [0.4, 0.5) is 41.0 Å². The third-order valence-corrected chi connectivity index (χ3v) is 5.01. The molecule has 11 nitrogen and oxygen atoms in total. The fraction of sp³-hybridized carbons (Fsp3) is 0.143. The number of benzene rings is 2. The molecular weight excluding hydrogens is 469 g/mol. The minimum atomic E-state index is -4.58. The zero-order valence-corrected chi connectivity index (χ0v) is 17.9. The van der Waals surface area contributed by atoms with Gasteiger partial charge in [-0.1, -0.05) is 0 Å². The van der Waals surface area contributed by atoms with Crippen LogP contribution in [0.15, 0.2) is 53.8 Å². The standard InChI is InChI=1S/C21H19F3N8O3/c22-21(23,24)12-2-7-17(32-9-1-8-26-32)15(10-12)29-20(34)27-13-3-5-14(6-4-13)31-11-16(18(33)30-35)28-19(31)25/h2-8,10-11,35H,1,9H2,(H2,25,28)(H,30,33)(H2,27,29,34). The molecule has 2 aromatic carbocycles. The van der Waals surface area contributed by atoms with Gasteiger partial charge in [0.15, 0.2) is 5.69 Å². The lowest BCUT2D eigenvalue weighted by atomic mass is 10.1. The predicted molar refractivity (Wildman–Crippen MR) is 122 cm³/mol. The first-order valence-corrected chi connectivity index (χ1v) is 10.1. The van der Waals surface area contributed by atoms with Gasteiger partial charge < -0.3 is 16.4 Å². The number of carbonyl (C=O) groups is 2. The molecule has 0 unspecified atom stereocenters. The Balaban J connectivity index is 1.50. The van der Waals surface area contributed by atoms with Crippen molar-refractivity contribution in [3.63, 3.8) is 0 Å². The minimum Gasteiger partial charge on any atom is -0.369 e. The van der Waals surface area contributed by atoms with Gasteiger partial charge in [-0.2, -0.15) is 18.3 Å². The van der Waals surface area contributed by atoms with Crippen LogP contribution in [-0.4, -0.2) is 39.5 Å². The van der Waals surface area contributed by atoms with Gasteiger partial charge in [-0.05, 0) is 42.5 Å². The summed E-state index contributed by atoms with van der Waals surface area (Å²) < 4.78 is 41.0. The Labute approximate surface area is 196 Å². The number of carbonyl (C=O) groups excluding carboxylic acids is 2. The second-order valence-electron chi connectivity index (χ2n) is 7.36. The number of rotatable bonds is 5. The van der Waals surface area contributed by atoms with Crippen molar-refractivity contribution in [2.24, 2.45) is 5.10 Å². The van der Waals surface area contributed by atoms with Gasteiger partial charge in [0.2, 0.25) is 5.95 Å². The Morgan fingerprint density at radius 2 is 1.83 bits per heavy atom. The molecule has 0 spiro atoms. The van der Waals surface area contributed by atoms with Crippen LogP contribution in [0.3, 0.4) is 0 Å². The van der Waals surface area contributed by atoms with Gasteiger partial charge in [-0.25, -0.2) is 15.3 Å². The van der Waals surface area contributed by atoms with Crippen molar-refractivity contribution in [2.75, 3.05) is 27.9 Å². The van der Waals surface area contributed by atoms with Crippen molar-refractivity contribution in [3.05, 3.63) is 59.9 Å². The summed E-state index contributed by atoms with van der Waals surface area (Å²) in [5.74, 6) is -0.845. The fourth-order valence-electron chi connectivity index (χ4n) is 3.37. The van der Waals surface area contributed by atoms with Crippen molar-refractivity contribution in [2.45, 2.75) is 12.6 Å². The molecule has 14 heteroatoms. The summed E-state index contributed by atoms with van der Waals surface area (Å²) >= 11 is 0.